The summed E-state index contributed by atoms with van der Waals surface area (Å²) in [6, 6.07) is 10.8. The van der Waals surface area contributed by atoms with Gasteiger partial charge >= 0.3 is 6.36 Å². The van der Waals surface area contributed by atoms with E-state index in [4.69, 9.17) is 17.3 Å². The van der Waals surface area contributed by atoms with Gasteiger partial charge in [0.2, 0.25) is 0 Å². The van der Waals surface area contributed by atoms with Gasteiger partial charge in [0.25, 0.3) is 0 Å². The van der Waals surface area contributed by atoms with E-state index in [0.717, 1.165) is 5.56 Å². The number of hydrogen-bond acceptors (Lipinski definition) is 2. The summed E-state index contributed by atoms with van der Waals surface area (Å²) in [5.74, 6) is -0.295. The van der Waals surface area contributed by atoms with Gasteiger partial charge in [-0.25, -0.2) is 0 Å². The van der Waals surface area contributed by atoms with Crippen molar-refractivity contribution in [1.29, 1.82) is 0 Å². The average Bonchev–Trinajstić information content (AvgIpc) is 2.38. The molecular weight excluding hydrogens is 291 g/mol. The van der Waals surface area contributed by atoms with E-state index >= 15 is 0 Å². The molecule has 20 heavy (non-hydrogen) atoms. The standard InChI is InChI=1S/C14H11ClF3NO/c15-12-6-5-9(8-19)7-11(12)10-3-1-2-4-13(10)20-14(16,17)18/h1-7H,8,19H2. The van der Waals surface area contributed by atoms with Crippen LogP contribution in [-0.2, 0) is 6.54 Å². The van der Waals surface area contributed by atoms with E-state index < -0.39 is 6.36 Å². The molecule has 0 aromatic heterocycles. The van der Waals surface area contributed by atoms with Gasteiger partial charge in [-0.1, -0.05) is 35.9 Å². The number of halogens is 4. The lowest BCUT2D eigenvalue weighted by molar-refractivity contribution is -0.274. The third-order valence-corrected chi connectivity index (χ3v) is 3.00. The fourth-order valence-electron chi connectivity index (χ4n) is 1.81. The monoisotopic (exact) mass is 301 g/mol. The Morgan fingerprint density at radius 3 is 2.40 bits per heavy atom. The Kier molecular flexibility index (Phi) is 4.20. The van der Waals surface area contributed by atoms with Crippen molar-refractivity contribution in [3.63, 3.8) is 0 Å². The highest BCUT2D eigenvalue weighted by atomic mass is 35.5. The first-order chi connectivity index (χ1) is 9.40. The zero-order valence-corrected chi connectivity index (χ0v) is 11.0. The first kappa shape index (κ1) is 14.7. The maximum absolute atomic E-state index is 12.4. The number of ether oxygens (including phenoxy) is 1. The summed E-state index contributed by atoms with van der Waals surface area (Å²) in [5.41, 5.74) is 7.02. The molecule has 106 valence electrons. The van der Waals surface area contributed by atoms with Crippen LogP contribution in [-0.4, -0.2) is 6.36 Å². The second-order valence-corrected chi connectivity index (χ2v) is 4.47. The van der Waals surface area contributed by atoms with E-state index in [1.165, 1.54) is 18.2 Å². The molecule has 2 rings (SSSR count). The molecule has 2 nitrogen and oxygen atoms in total. The van der Waals surface area contributed by atoms with E-state index in [1.54, 1.807) is 24.3 Å². The molecule has 0 aliphatic heterocycles. The molecule has 0 aliphatic carbocycles. The Morgan fingerprint density at radius 2 is 1.75 bits per heavy atom. The number of para-hydroxylation sites is 1. The minimum atomic E-state index is -4.76. The first-order valence-corrected chi connectivity index (χ1v) is 6.12. The SMILES string of the molecule is NCc1ccc(Cl)c(-c2ccccc2OC(F)(F)F)c1. The fourth-order valence-corrected chi connectivity index (χ4v) is 2.03. The quantitative estimate of drug-likeness (QED) is 0.914. The molecule has 0 bridgehead atoms. The number of hydrogen-bond donors (Lipinski definition) is 1. The molecule has 2 aromatic rings. The Balaban J connectivity index is 2.52. The molecule has 0 amide bonds. The number of nitrogens with two attached hydrogens (primary N) is 1. The van der Waals surface area contributed by atoms with Gasteiger partial charge in [0, 0.05) is 22.7 Å². The summed E-state index contributed by atoms with van der Waals surface area (Å²) in [6.07, 6.45) is -4.76. The lowest BCUT2D eigenvalue weighted by atomic mass is 10.0. The number of rotatable bonds is 3. The van der Waals surface area contributed by atoms with Crippen molar-refractivity contribution in [3.8, 4) is 16.9 Å². The van der Waals surface area contributed by atoms with Crippen LogP contribution < -0.4 is 10.5 Å². The molecule has 6 heteroatoms. The van der Waals surface area contributed by atoms with Crippen molar-refractivity contribution in [2.75, 3.05) is 0 Å². The summed E-state index contributed by atoms with van der Waals surface area (Å²) in [6.45, 7) is 0.270. The van der Waals surface area contributed by atoms with Crippen molar-refractivity contribution < 1.29 is 17.9 Å². The Morgan fingerprint density at radius 1 is 1.05 bits per heavy atom. The second kappa shape index (κ2) is 5.73. The van der Waals surface area contributed by atoms with Crippen LogP contribution in [0.5, 0.6) is 5.75 Å². The van der Waals surface area contributed by atoms with Crippen LogP contribution >= 0.6 is 11.6 Å². The maximum Gasteiger partial charge on any atom is 0.573 e. The molecule has 0 saturated carbocycles. The molecule has 0 unspecified atom stereocenters. The molecule has 0 saturated heterocycles. The average molecular weight is 302 g/mol. The minimum Gasteiger partial charge on any atom is -0.405 e. The summed E-state index contributed by atoms with van der Waals surface area (Å²) in [7, 11) is 0. The second-order valence-electron chi connectivity index (χ2n) is 4.06. The Labute approximate surface area is 118 Å². The Hall–Kier alpha value is -1.72. The van der Waals surface area contributed by atoms with Crippen LogP contribution in [0, 0.1) is 0 Å². The normalized spacial score (nSPS) is 11.4. The molecule has 2 N–H and O–H groups in total. The largest absolute Gasteiger partial charge is 0.573 e. The molecule has 0 heterocycles. The zero-order valence-electron chi connectivity index (χ0n) is 10.2. The van der Waals surface area contributed by atoms with E-state index in [1.807, 2.05) is 0 Å². The minimum absolute atomic E-state index is 0.269. The zero-order chi connectivity index (χ0) is 14.8. The van der Waals surface area contributed by atoms with E-state index in [2.05, 4.69) is 4.74 Å². The van der Waals surface area contributed by atoms with E-state index in [0.29, 0.717) is 10.6 Å². The van der Waals surface area contributed by atoms with Crippen LogP contribution in [0.2, 0.25) is 5.02 Å². The van der Waals surface area contributed by atoms with E-state index in [-0.39, 0.29) is 17.9 Å². The lowest BCUT2D eigenvalue weighted by Gasteiger charge is -2.14. The van der Waals surface area contributed by atoms with Crippen LogP contribution in [0.4, 0.5) is 13.2 Å². The molecular formula is C14H11ClF3NO. The topological polar surface area (TPSA) is 35.2 Å². The van der Waals surface area contributed by atoms with Crippen LogP contribution in [0.3, 0.4) is 0 Å². The van der Waals surface area contributed by atoms with Gasteiger partial charge in [-0.15, -0.1) is 13.2 Å². The van der Waals surface area contributed by atoms with Gasteiger partial charge < -0.3 is 10.5 Å². The van der Waals surface area contributed by atoms with Gasteiger partial charge in [0.1, 0.15) is 5.75 Å². The van der Waals surface area contributed by atoms with Crippen LogP contribution in [0.1, 0.15) is 5.56 Å². The van der Waals surface area contributed by atoms with Gasteiger partial charge in [-0.2, -0.15) is 0 Å². The first-order valence-electron chi connectivity index (χ1n) is 5.74. The number of benzene rings is 2. The molecule has 0 aliphatic rings. The maximum atomic E-state index is 12.4. The van der Waals surface area contributed by atoms with Crippen molar-refractivity contribution in [2.24, 2.45) is 5.73 Å². The summed E-state index contributed by atoms with van der Waals surface area (Å²) in [5, 5.41) is 0.334. The van der Waals surface area contributed by atoms with Gasteiger partial charge in [0.15, 0.2) is 0 Å². The Bertz CT molecular complexity index is 614. The molecule has 2 aromatic carbocycles. The van der Waals surface area contributed by atoms with Crippen molar-refractivity contribution in [3.05, 3.63) is 53.1 Å². The van der Waals surface area contributed by atoms with E-state index in [9.17, 15) is 13.2 Å². The molecule has 0 radical (unpaired) electrons. The van der Waals surface area contributed by atoms with Crippen LogP contribution in [0.25, 0.3) is 11.1 Å². The highest BCUT2D eigenvalue weighted by molar-refractivity contribution is 6.33. The summed E-state index contributed by atoms with van der Waals surface area (Å²) in [4.78, 5) is 0. The van der Waals surface area contributed by atoms with Crippen molar-refractivity contribution >= 4 is 11.6 Å². The third-order valence-electron chi connectivity index (χ3n) is 2.67. The van der Waals surface area contributed by atoms with Crippen molar-refractivity contribution in [2.45, 2.75) is 12.9 Å². The van der Waals surface area contributed by atoms with Crippen LogP contribution in [0.15, 0.2) is 42.5 Å². The molecule has 0 fully saturated rings. The highest BCUT2D eigenvalue weighted by Gasteiger charge is 2.32. The predicted molar refractivity (Wildman–Crippen MR) is 71.5 cm³/mol. The fraction of sp³-hybridized carbons (Fsp3) is 0.143. The summed E-state index contributed by atoms with van der Waals surface area (Å²) >= 11 is 6.05. The van der Waals surface area contributed by atoms with Gasteiger partial charge in [-0.3, -0.25) is 0 Å². The third kappa shape index (κ3) is 3.43. The predicted octanol–water partition coefficient (Wildman–Crippen LogP) is 4.36. The van der Waals surface area contributed by atoms with Crippen molar-refractivity contribution in [1.82, 2.24) is 0 Å². The molecule has 0 spiro atoms. The van der Waals surface area contributed by atoms with Gasteiger partial charge in [0.05, 0.1) is 0 Å². The number of alkyl halides is 3. The molecule has 0 atom stereocenters. The van der Waals surface area contributed by atoms with Gasteiger partial charge in [-0.05, 0) is 23.8 Å². The highest BCUT2D eigenvalue weighted by Crippen LogP contribution is 2.37. The lowest BCUT2D eigenvalue weighted by Crippen LogP contribution is -2.17. The smallest absolute Gasteiger partial charge is 0.405 e. The summed E-state index contributed by atoms with van der Waals surface area (Å²) < 4.78 is 41.2.